The van der Waals surface area contributed by atoms with Gasteiger partial charge in [0.25, 0.3) is 4.48 Å². The largest absolute Gasteiger partial charge is 0.570 e. The van der Waals surface area contributed by atoms with Crippen LogP contribution < -0.4 is 0 Å². The summed E-state index contributed by atoms with van der Waals surface area (Å²) in [4.78, 5) is 0. The fourth-order valence-electron chi connectivity index (χ4n) is 0. The Hall–Kier alpha value is 0.130. The maximum atomic E-state index is 6.66. The Morgan fingerprint density at radius 1 is 2.00 bits per heavy atom. The van der Waals surface area contributed by atoms with E-state index < -0.39 is 0 Å². The van der Waals surface area contributed by atoms with Crippen LogP contribution in [0.5, 0.6) is 0 Å². The molecule has 0 saturated heterocycles. The topological polar surface area (TPSA) is 0 Å². The summed E-state index contributed by atoms with van der Waals surface area (Å²) < 4.78 is 0.567. The highest BCUT2D eigenvalue weighted by molar-refractivity contribution is 9.11. The highest BCUT2D eigenvalue weighted by atomic mass is 79.9. The molecule has 0 aliphatic rings. The molecule has 0 amide bonds. The van der Waals surface area contributed by atoms with E-state index in [1.807, 2.05) is 6.92 Å². The molecule has 0 aromatic carbocycles. The predicted octanol–water partition coefficient (Wildman–Crippen LogP) is 1.99. The Balaban J connectivity index is 2.85. The zero-order valence-electron chi connectivity index (χ0n) is 3.09. The average molecular weight is 133 g/mol. The molecule has 0 aliphatic carbocycles. The summed E-state index contributed by atoms with van der Waals surface area (Å²) >= 11 is 2.96. The van der Waals surface area contributed by atoms with Gasteiger partial charge in [-0.3, -0.25) is 0 Å². The maximum absolute atomic E-state index is 6.66. The first-order valence-corrected chi connectivity index (χ1v) is 2.29. The maximum Gasteiger partial charge on any atom is 0.570 e. The summed E-state index contributed by atoms with van der Waals surface area (Å²) in [6.45, 7) is 8.59. The van der Waals surface area contributed by atoms with Crippen LogP contribution >= 0.6 is 15.9 Å². The van der Waals surface area contributed by atoms with E-state index in [0.29, 0.717) is 4.48 Å². The molecular weight excluding hydrogens is 128 g/mol. The number of hydrogen-bond acceptors (Lipinski definition) is 0. The molecule has 1 radical (unpaired) electrons. The zero-order valence-corrected chi connectivity index (χ0v) is 4.67. The molecule has 0 atom stereocenters. The number of hydrogen-bond donors (Lipinski definition) is 0. The fraction of sp³-hybridized carbons (Fsp3) is 0.500. The van der Waals surface area contributed by atoms with Gasteiger partial charge >= 0.3 is 6.58 Å². The van der Waals surface area contributed by atoms with Gasteiger partial charge in [-0.15, -0.1) is 0 Å². The molecule has 0 saturated carbocycles. The monoisotopic (exact) mass is 132 g/mol. The summed E-state index contributed by atoms with van der Waals surface area (Å²) in [6.07, 6.45) is 0.806. The number of allylic oxidation sites excluding steroid dienone is 1. The van der Waals surface area contributed by atoms with Gasteiger partial charge in [0.2, 0.25) is 0 Å². The molecule has 0 heterocycles. The van der Waals surface area contributed by atoms with Crippen molar-refractivity contribution in [1.82, 2.24) is 0 Å². The lowest BCUT2D eigenvalue weighted by Gasteiger charge is -1.59. The van der Waals surface area contributed by atoms with E-state index in [1.165, 1.54) is 0 Å². The molecule has 0 aromatic rings. The minimum atomic E-state index is 0.567. The van der Waals surface area contributed by atoms with E-state index in [0.717, 1.165) is 6.42 Å². The molecule has 0 fully saturated rings. The van der Waals surface area contributed by atoms with E-state index in [-0.39, 0.29) is 0 Å². The van der Waals surface area contributed by atoms with Gasteiger partial charge in [0.05, 0.1) is 0 Å². The van der Waals surface area contributed by atoms with Crippen LogP contribution in [0.1, 0.15) is 13.3 Å². The SMILES string of the molecule is [C+]=C(Br)CC. The van der Waals surface area contributed by atoms with Crippen LogP contribution in [0.15, 0.2) is 4.48 Å². The Morgan fingerprint density at radius 2 is 2.20 bits per heavy atom. The van der Waals surface area contributed by atoms with E-state index in [4.69, 9.17) is 6.58 Å². The quantitative estimate of drug-likeness (QED) is 0.479. The van der Waals surface area contributed by atoms with Crippen LogP contribution in [-0.4, -0.2) is 0 Å². The lowest BCUT2D eigenvalue weighted by atomic mass is 10.5. The van der Waals surface area contributed by atoms with Gasteiger partial charge in [0.1, 0.15) is 0 Å². The van der Waals surface area contributed by atoms with Gasteiger partial charge in [0.15, 0.2) is 0 Å². The van der Waals surface area contributed by atoms with Gasteiger partial charge in [-0.25, -0.2) is 0 Å². The fourth-order valence-corrected chi connectivity index (χ4v) is 0. The molecule has 0 bridgehead atoms. The normalized spacial score (nSPS) is 7.40. The van der Waals surface area contributed by atoms with E-state index in [1.54, 1.807) is 0 Å². The van der Waals surface area contributed by atoms with Crippen LogP contribution in [0.2, 0.25) is 0 Å². The van der Waals surface area contributed by atoms with Crippen molar-refractivity contribution < 1.29 is 0 Å². The van der Waals surface area contributed by atoms with Gasteiger partial charge < -0.3 is 0 Å². The van der Waals surface area contributed by atoms with E-state index in [9.17, 15) is 0 Å². The first-order valence-electron chi connectivity index (χ1n) is 1.50. The minimum absolute atomic E-state index is 0.567. The number of halogens is 1. The Bertz CT molecular complexity index is 38.9. The molecule has 0 nitrogen and oxygen atoms in total. The van der Waals surface area contributed by atoms with Crippen LogP contribution in [0.3, 0.4) is 0 Å². The minimum Gasteiger partial charge on any atom is -0.0561 e. The number of rotatable bonds is 1. The van der Waals surface area contributed by atoms with Crippen molar-refractivity contribution in [2.75, 3.05) is 0 Å². The molecule has 0 aromatic heterocycles. The lowest BCUT2D eigenvalue weighted by Crippen LogP contribution is -1.52. The molecule has 0 N–H and O–H groups in total. The average Bonchev–Trinajstić information content (AvgIpc) is 1.38. The Morgan fingerprint density at radius 3 is 2.20 bits per heavy atom. The first kappa shape index (κ1) is 5.13. The van der Waals surface area contributed by atoms with Crippen molar-refractivity contribution in [2.45, 2.75) is 13.3 Å². The van der Waals surface area contributed by atoms with Crippen molar-refractivity contribution in [3.05, 3.63) is 11.1 Å². The second-order valence-electron chi connectivity index (χ2n) is 0.758. The molecule has 0 aliphatic heterocycles. The molecule has 0 unspecified atom stereocenters. The highest BCUT2D eigenvalue weighted by Gasteiger charge is 1.92. The standard InChI is InChI=1S/C4H5Br/c1-3-4(2)5/h3H2,1H3/q+1. The van der Waals surface area contributed by atoms with E-state index >= 15 is 0 Å². The summed E-state index contributed by atoms with van der Waals surface area (Å²) in [7, 11) is 0. The van der Waals surface area contributed by atoms with Crippen LogP contribution in [0.25, 0.3) is 0 Å². The van der Waals surface area contributed by atoms with Crippen LogP contribution in [0.4, 0.5) is 0 Å². The second kappa shape index (κ2) is 2.37. The van der Waals surface area contributed by atoms with Gasteiger partial charge in [-0.05, 0) is 0 Å². The molecular formula is C4H5Br+. The van der Waals surface area contributed by atoms with Crippen molar-refractivity contribution in [3.63, 3.8) is 0 Å². The third-order valence-corrected chi connectivity index (χ3v) is 0.871. The van der Waals surface area contributed by atoms with Crippen molar-refractivity contribution in [1.29, 1.82) is 0 Å². The predicted molar refractivity (Wildman–Crippen MR) is 26.0 cm³/mol. The molecule has 27 valence electrons. The summed E-state index contributed by atoms with van der Waals surface area (Å²) in [6, 6.07) is 0. The third kappa shape index (κ3) is 4.13. The Labute approximate surface area is 41.0 Å². The first-order chi connectivity index (χ1) is 2.27. The molecule has 0 rings (SSSR count). The highest BCUT2D eigenvalue weighted by Crippen LogP contribution is 2.02. The molecule has 5 heavy (non-hydrogen) atoms. The van der Waals surface area contributed by atoms with Crippen molar-refractivity contribution in [2.24, 2.45) is 0 Å². The van der Waals surface area contributed by atoms with Crippen molar-refractivity contribution >= 4 is 15.9 Å². The lowest BCUT2D eigenvalue weighted by molar-refractivity contribution is 1.21. The third-order valence-electron chi connectivity index (χ3n) is 0.310. The second-order valence-corrected chi connectivity index (χ2v) is 1.72. The smallest absolute Gasteiger partial charge is 0.0561 e. The van der Waals surface area contributed by atoms with E-state index in [2.05, 4.69) is 15.9 Å². The summed E-state index contributed by atoms with van der Waals surface area (Å²) in [5, 5.41) is 0. The van der Waals surface area contributed by atoms with Crippen LogP contribution in [0, 0.1) is 6.58 Å². The van der Waals surface area contributed by atoms with Gasteiger partial charge in [-0.1, -0.05) is 6.92 Å². The summed E-state index contributed by atoms with van der Waals surface area (Å²) in [5.41, 5.74) is 0. The van der Waals surface area contributed by atoms with Gasteiger partial charge in [0, 0.05) is 22.4 Å². The molecule has 1 heteroatoms. The van der Waals surface area contributed by atoms with Crippen LogP contribution in [-0.2, 0) is 0 Å². The van der Waals surface area contributed by atoms with Gasteiger partial charge in [-0.2, -0.15) is 0 Å². The molecule has 0 spiro atoms. The van der Waals surface area contributed by atoms with Crippen molar-refractivity contribution in [3.8, 4) is 0 Å². The zero-order chi connectivity index (χ0) is 4.28. The Kier molecular flexibility index (Phi) is 2.43. The summed E-state index contributed by atoms with van der Waals surface area (Å²) in [5.74, 6) is 0.